The number of hydrogen-bond acceptors (Lipinski definition) is 8. The summed E-state index contributed by atoms with van der Waals surface area (Å²) in [4.78, 5) is 41.1. The van der Waals surface area contributed by atoms with Crippen LogP contribution in [0.4, 0.5) is 0 Å². The molecule has 1 amide bonds. The Balaban J connectivity index is 1.32. The fourth-order valence-corrected chi connectivity index (χ4v) is 6.61. The molecule has 0 radical (unpaired) electrons. The van der Waals surface area contributed by atoms with Gasteiger partial charge in [-0.1, -0.05) is 78.9 Å². The number of fused-ring (bicyclic) bond motifs is 1. The van der Waals surface area contributed by atoms with Crippen LogP contribution in [-0.2, 0) is 37.1 Å². The van der Waals surface area contributed by atoms with Crippen LogP contribution in [-0.4, -0.2) is 51.6 Å². The molecule has 2 saturated heterocycles. The third kappa shape index (κ3) is 6.74. The highest BCUT2D eigenvalue weighted by Gasteiger charge is 2.62. The Morgan fingerprint density at radius 1 is 0.854 bits per heavy atom. The Morgan fingerprint density at radius 2 is 1.41 bits per heavy atom. The van der Waals surface area contributed by atoms with Crippen molar-refractivity contribution in [2.45, 2.75) is 49.3 Å². The van der Waals surface area contributed by atoms with E-state index in [2.05, 4.69) is 5.32 Å². The third-order valence-corrected chi connectivity index (χ3v) is 8.48. The largest absolute Gasteiger partial charge is 0.484 e. The molecule has 0 unspecified atom stereocenters. The van der Waals surface area contributed by atoms with Gasteiger partial charge in [-0.15, -0.1) is 11.8 Å². The predicted octanol–water partition coefficient (Wildman–Crippen LogP) is 4.46. The second kappa shape index (κ2) is 12.5. The first-order valence-corrected chi connectivity index (χ1v) is 14.3. The number of amides is 1. The van der Waals surface area contributed by atoms with E-state index in [1.165, 1.54) is 6.08 Å². The van der Waals surface area contributed by atoms with Gasteiger partial charge in [-0.05, 0) is 37.1 Å². The molecule has 2 aliphatic heterocycles. The van der Waals surface area contributed by atoms with Crippen molar-refractivity contribution in [1.29, 1.82) is 0 Å². The van der Waals surface area contributed by atoms with Crippen molar-refractivity contribution < 1.29 is 28.6 Å². The number of rotatable bonds is 10. The molecule has 8 nitrogen and oxygen atoms in total. The Bertz CT molecular complexity index is 1400. The van der Waals surface area contributed by atoms with E-state index < -0.39 is 28.8 Å². The van der Waals surface area contributed by atoms with E-state index in [1.807, 2.05) is 97.6 Å². The van der Waals surface area contributed by atoms with E-state index in [9.17, 15) is 14.4 Å². The molecule has 3 aromatic rings. The molecular weight excluding hydrogens is 540 g/mol. The molecular formula is C32H32N2O6S. The third-order valence-electron chi connectivity index (χ3n) is 6.90. The first-order chi connectivity index (χ1) is 19.8. The first-order valence-electron chi connectivity index (χ1n) is 13.4. The van der Waals surface area contributed by atoms with Gasteiger partial charge in [0.1, 0.15) is 30.4 Å². The van der Waals surface area contributed by atoms with Crippen molar-refractivity contribution in [2.75, 3.05) is 6.61 Å². The highest BCUT2D eigenvalue weighted by atomic mass is 32.2. The topological polar surface area (TPSA) is 94.2 Å². The molecule has 2 heterocycles. The number of nitrogens with zero attached hydrogens (tertiary/aromatic N) is 1. The lowest BCUT2D eigenvalue weighted by molar-refractivity contribution is -0.153. The van der Waals surface area contributed by atoms with Gasteiger partial charge in [0.05, 0.1) is 6.04 Å². The van der Waals surface area contributed by atoms with Gasteiger partial charge >= 0.3 is 11.9 Å². The summed E-state index contributed by atoms with van der Waals surface area (Å²) < 4.78 is 16.3. The zero-order valence-electron chi connectivity index (χ0n) is 22.9. The first kappa shape index (κ1) is 28.3. The lowest BCUT2D eigenvalue weighted by Crippen LogP contribution is -2.65. The van der Waals surface area contributed by atoms with Crippen LogP contribution < -0.4 is 10.1 Å². The minimum Gasteiger partial charge on any atom is -0.484 e. The maximum absolute atomic E-state index is 13.4. The van der Waals surface area contributed by atoms with Crippen molar-refractivity contribution in [3.8, 4) is 5.75 Å². The number of esters is 2. The molecule has 9 heteroatoms. The normalized spacial score (nSPS) is 21.4. The van der Waals surface area contributed by atoms with Gasteiger partial charge < -0.3 is 24.4 Å². The molecule has 0 aliphatic carbocycles. The van der Waals surface area contributed by atoms with Crippen molar-refractivity contribution in [3.63, 3.8) is 0 Å². The molecule has 212 valence electrons. The molecule has 5 rings (SSSR count). The summed E-state index contributed by atoms with van der Waals surface area (Å²) in [5, 5.41) is 2.72. The molecule has 3 atom stereocenters. The van der Waals surface area contributed by atoms with E-state index in [-0.39, 0.29) is 31.1 Å². The molecule has 0 spiro atoms. The fraction of sp³-hybridized carbons (Fsp3) is 0.281. The van der Waals surface area contributed by atoms with E-state index in [1.54, 1.807) is 23.9 Å². The van der Waals surface area contributed by atoms with Crippen LogP contribution in [0.3, 0.4) is 0 Å². The van der Waals surface area contributed by atoms with Crippen LogP contribution in [0, 0.1) is 0 Å². The molecule has 41 heavy (non-hydrogen) atoms. The number of benzene rings is 3. The van der Waals surface area contributed by atoms with E-state index in [0.29, 0.717) is 11.4 Å². The second-order valence-corrected chi connectivity index (χ2v) is 12.1. The van der Waals surface area contributed by atoms with Crippen LogP contribution in [0.2, 0.25) is 0 Å². The SMILES string of the molecule is CC1(C)S[C@@H]2[C@H](NC(=O)COc3ccccc3)C(=CC(=O)OCc3ccccc3)N2[C@H]1C(=O)OCc1ccccc1. The average Bonchev–Trinajstić information content (AvgIpc) is 3.24. The van der Waals surface area contributed by atoms with Crippen molar-refractivity contribution in [1.82, 2.24) is 10.2 Å². The van der Waals surface area contributed by atoms with Crippen molar-refractivity contribution in [3.05, 3.63) is 114 Å². The van der Waals surface area contributed by atoms with E-state index in [4.69, 9.17) is 14.2 Å². The van der Waals surface area contributed by atoms with Gasteiger partial charge in [0, 0.05) is 16.5 Å². The monoisotopic (exact) mass is 572 g/mol. The number of carbonyl (C=O) groups excluding carboxylic acids is 3. The summed E-state index contributed by atoms with van der Waals surface area (Å²) in [5.41, 5.74) is 2.24. The number of thioether (sulfide) groups is 1. The summed E-state index contributed by atoms with van der Waals surface area (Å²) in [6.07, 6.45) is 1.36. The summed E-state index contributed by atoms with van der Waals surface area (Å²) >= 11 is 1.56. The number of hydrogen-bond donors (Lipinski definition) is 1. The van der Waals surface area contributed by atoms with Gasteiger partial charge in [-0.25, -0.2) is 9.59 Å². The van der Waals surface area contributed by atoms with Gasteiger partial charge in [-0.3, -0.25) is 4.79 Å². The summed E-state index contributed by atoms with van der Waals surface area (Å²) in [6.45, 7) is 4.00. The number of carbonyl (C=O) groups is 3. The van der Waals surface area contributed by atoms with Crippen LogP contribution in [0.15, 0.2) is 103 Å². The molecule has 2 fully saturated rings. The molecule has 0 bridgehead atoms. The van der Waals surface area contributed by atoms with Gasteiger partial charge in [0.2, 0.25) is 0 Å². The number of para-hydroxylation sites is 1. The van der Waals surface area contributed by atoms with E-state index in [0.717, 1.165) is 11.1 Å². The lowest BCUT2D eigenvalue weighted by atomic mass is 9.93. The fourth-order valence-electron chi connectivity index (χ4n) is 4.95. The Labute approximate surface area is 243 Å². The van der Waals surface area contributed by atoms with Gasteiger partial charge in [0.25, 0.3) is 5.91 Å². The summed E-state index contributed by atoms with van der Waals surface area (Å²) in [5.74, 6) is -0.714. The smallest absolute Gasteiger partial charge is 0.332 e. The molecule has 0 aromatic heterocycles. The molecule has 3 aromatic carbocycles. The second-order valence-electron chi connectivity index (χ2n) is 10.3. The molecule has 1 N–H and O–H groups in total. The zero-order valence-corrected chi connectivity index (χ0v) is 23.7. The van der Waals surface area contributed by atoms with Crippen molar-refractivity contribution >= 4 is 29.6 Å². The Kier molecular flexibility index (Phi) is 8.64. The van der Waals surface area contributed by atoms with Gasteiger partial charge in [-0.2, -0.15) is 0 Å². The minimum absolute atomic E-state index is 0.109. The molecule has 2 aliphatic rings. The molecule has 0 saturated carbocycles. The quantitative estimate of drug-likeness (QED) is 0.281. The zero-order chi connectivity index (χ0) is 28.8. The Hall–Kier alpha value is -4.24. The van der Waals surface area contributed by atoms with Crippen LogP contribution >= 0.6 is 11.8 Å². The maximum atomic E-state index is 13.4. The Morgan fingerprint density at radius 3 is 2.02 bits per heavy atom. The minimum atomic E-state index is -0.664. The summed E-state index contributed by atoms with van der Waals surface area (Å²) in [7, 11) is 0. The highest BCUT2D eigenvalue weighted by Crippen LogP contribution is 2.54. The lowest BCUT2D eigenvalue weighted by Gasteiger charge is -2.48. The standard InChI is InChI=1S/C32H32N2O6S/c1-32(2)29(31(37)40-20-23-14-8-4-9-15-23)34-25(18-27(36)39-19-22-12-6-3-7-13-22)28(30(34)41-32)33-26(35)21-38-24-16-10-5-11-17-24/h3-18,28-30H,19-21H2,1-2H3,(H,33,35)/t28-,29+,30-/m1/s1. The average molecular weight is 573 g/mol. The van der Waals surface area contributed by atoms with E-state index >= 15 is 0 Å². The van der Waals surface area contributed by atoms with Crippen molar-refractivity contribution in [2.24, 2.45) is 0 Å². The highest BCUT2D eigenvalue weighted by molar-refractivity contribution is 8.01. The predicted molar refractivity (Wildman–Crippen MR) is 156 cm³/mol. The number of ether oxygens (including phenoxy) is 3. The number of nitrogens with one attached hydrogen (secondary N) is 1. The van der Waals surface area contributed by atoms with Gasteiger partial charge in [0.15, 0.2) is 6.61 Å². The van der Waals surface area contributed by atoms with Crippen LogP contribution in [0.25, 0.3) is 0 Å². The summed E-state index contributed by atoms with van der Waals surface area (Å²) in [6, 6.07) is 26.7. The van der Waals surface area contributed by atoms with Crippen LogP contribution in [0.5, 0.6) is 5.75 Å². The maximum Gasteiger partial charge on any atom is 0.332 e. The van der Waals surface area contributed by atoms with Crippen LogP contribution in [0.1, 0.15) is 25.0 Å².